The Kier molecular flexibility index (Phi) is 6.24. The van der Waals surface area contributed by atoms with Crippen molar-refractivity contribution >= 4 is 34.1 Å². The van der Waals surface area contributed by atoms with E-state index in [1.165, 1.54) is 0 Å². The lowest BCUT2D eigenvalue weighted by Gasteiger charge is -2.16. The number of ketones is 1. The molecule has 0 saturated carbocycles. The zero-order chi connectivity index (χ0) is 20.2. The van der Waals surface area contributed by atoms with E-state index in [0.29, 0.717) is 30.0 Å². The zero-order valence-corrected chi connectivity index (χ0v) is 17.3. The molecule has 3 nitrogen and oxygen atoms in total. The van der Waals surface area contributed by atoms with Gasteiger partial charge in [-0.1, -0.05) is 60.2 Å². The van der Waals surface area contributed by atoms with E-state index in [4.69, 9.17) is 16.3 Å². The number of ether oxygens (including phenoxy) is 1. The predicted octanol–water partition coefficient (Wildman–Crippen LogP) is 5.58. The Balaban J connectivity index is 1.39. The van der Waals surface area contributed by atoms with E-state index >= 15 is 0 Å². The van der Waals surface area contributed by atoms with E-state index in [-0.39, 0.29) is 11.0 Å². The van der Waals surface area contributed by atoms with E-state index in [2.05, 4.69) is 6.08 Å². The fourth-order valence-corrected chi connectivity index (χ4v) is 4.82. The first-order valence-corrected chi connectivity index (χ1v) is 10.8. The number of allylic oxidation sites excluding steroid dienone is 3. The van der Waals surface area contributed by atoms with Gasteiger partial charge in [-0.2, -0.15) is 0 Å². The molecule has 0 saturated heterocycles. The van der Waals surface area contributed by atoms with E-state index in [1.54, 1.807) is 23.9 Å². The maximum Gasteiger partial charge on any atom is 0.172 e. The average molecular weight is 425 g/mol. The van der Waals surface area contributed by atoms with Crippen LogP contribution in [-0.2, 0) is 11.4 Å². The van der Waals surface area contributed by atoms with Crippen molar-refractivity contribution in [2.75, 3.05) is 0 Å². The highest BCUT2D eigenvalue weighted by atomic mass is 35.5. The number of Topliss-reactive ketones (excluding diaryl/α,β-unsaturated/α-hetero) is 1. The van der Waals surface area contributed by atoms with Crippen LogP contribution in [0.3, 0.4) is 0 Å². The van der Waals surface area contributed by atoms with Gasteiger partial charge in [0.15, 0.2) is 5.78 Å². The maximum absolute atomic E-state index is 12.8. The van der Waals surface area contributed by atoms with Gasteiger partial charge in [-0.25, -0.2) is 0 Å². The van der Waals surface area contributed by atoms with Crippen LogP contribution in [0.15, 0.2) is 78.4 Å². The van der Waals surface area contributed by atoms with Crippen LogP contribution >= 0.6 is 23.4 Å². The second kappa shape index (κ2) is 9.04. The van der Waals surface area contributed by atoms with Crippen molar-refractivity contribution < 1.29 is 14.6 Å². The van der Waals surface area contributed by atoms with E-state index < -0.39 is 6.10 Å². The molecule has 2 atom stereocenters. The van der Waals surface area contributed by atoms with Gasteiger partial charge in [0.1, 0.15) is 12.4 Å². The Morgan fingerprint density at radius 2 is 2.07 bits per heavy atom. The molecule has 2 aromatic carbocycles. The summed E-state index contributed by atoms with van der Waals surface area (Å²) in [6, 6.07) is 15.5. The standard InChI is InChI=1S/C24H21ClO3S/c25-19-7-1-4-16(12-19)15-28-21-9-3-5-17(14-21)22-10-11-23(29-22)24(27)18-6-2-8-20(26)13-18/h1-10,12,14,20,23,26H,11,13,15H2. The Morgan fingerprint density at radius 1 is 1.21 bits per heavy atom. The van der Waals surface area contributed by atoms with Gasteiger partial charge in [0.05, 0.1) is 11.4 Å². The first-order valence-electron chi connectivity index (χ1n) is 9.52. The normalized spacial score (nSPS) is 20.9. The summed E-state index contributed by atoms with van der Waals surface area (Å²) in [5.74, 6) is 0.889. The number of carbonyl (C=O) groups excluding carboxylic acids is 1. The van der Waals surface area contributed by atoms with E-state index in [0.717, 1.165) is 21.8 Å². The number of rotatable bonds is 6. The summed E-state index contributed by atoms with van der Waals surface area (Å²) >= 11 is 7.61. The van der Waals surface area contributed by atoms with Crippen LogP contribution in [0.25, 0.3) is 4.91 Å². The summed E-state index contributed by atoms with van der Waals surface area (Å²) < 4.78 is 5.92. The molecule has 0 aromatic heterocycles. The highest BCUT2D eigenvalue weighted by Crippen LogP contribution is 2.41. The minimum Gasteiger partial charge on any atom is -0.489 e. The molecule has 0 fully saturated rings. The molecule has 2 unspecified atom stereocenters. The van der Waals surface area contributed by atoms with Crippen molar-refractivity contribution in [1.82, 2.24) is 0 Å². The third kappa shape index (κ3) is 5.02. The lowest BCUT2D eigenvalue weighted by Crippen LogP contribution is -2.21. The number of hydrogen-bond acceptors (Lipinski definition) is 4. The van der Waals surface area contributed by atoms with Gasteiger partial charge >= 0.3 is 0 Å². The minimum atomic E-state index is -0.564. The molecule has 0 radical (unpaired) electrons. The molecule has 5 heteroatoms. The SMILES string of the molecule is O=C(C1=CC=CC(O)C1)C1CC=C(c2cccc(OCc3cccc(Cl)c3)c2)S1. The number of hydrogen-bond donors (Lipinski definition) is 1. The molecule has 2 aliphatic rings. The van der Waals surface area contributed by atoms with E-state index in [9.17, 15) is 9.90 Å². The lowest BCUT2D eigenvalue weighted by atomic mass is 9.96. The molecule has 0 spiro atoms. The third-order valence-corrected chi connectivity index (χ3v) is 6.45. The molecule has 0 amide bonds. The van der Waals surface area contributed by atoms with Crippen molar-refractivity contribution in [3.05, 3.63) is 94.6 Å². The number of aliphatic hydroxyl groups excluding tert-OH is 1. The Bertz CT molecular complexity index is 1010. The summed E-state index contributed by atoms with van der Waals surface area (Å²) in [6.45, 7) is 0.446. The van der Waals surface area contributed by atoms with Gasteiger partial charge in [0.2, 0.25) is 0 Å². The fraction of sp³-hybridized carbons (Fsp3) is 0.208. The predicted molar refractivity (Wildman–Crippen MR) is 119 cm³/mol. The molecule has 0 bridgehead atoms. The summed E-state index contributed by atoms with van der Waals surface area (Å²) in [6.07, 6.45) is 7.92. The molecule has 4 rings (SSSR count). The largest absolute Gasteiger partial charge is 0.489 e. The van der Waals surface area contributed by atoms with Gasteiger partial charge in [0, 0.05) is 16.3 Å². The Morgan fingerprint density at radius 3 is 2.90 bits per heavy atom. The Labute approximate surface area is 179 Å². The summed E-state index contributed by atoms with van der Waals surface area (Å²) in [4.78, 5) is 13.9. The van der Waals surface area contributed by atoms with Gasteiger partial charge in [0.25, 0.3) is 0 Å². The van der Waals surface area contributed by atoms with Crippen molar-refractivity contribution in [2.24, 2.45) is 0 Å². The van der Waals surface area contributed by atoms with Crippen LogP contribution in [-0.4, -0.2) is 22.2 Å². The average Bonchev–Trinajstić information content (AvgIpc) is 3.22. The van der Waals surface area contributed by atoms with Gasteiger partial charge in [-0.3, -0.25) is 4.79 Å². The molecule has 148 valence electrons. The van der Waals surface area contributed by atoms with Crippen molar-refractivity contribution in [1.29, 1.82) is 0 Å². The number of halogens is 1. The molecule has 1 aliphatic heterocycles. The number of thioether (sulfide) groups is 1. The van der Waals surface area contributed by atoms with E-state index in [1.807, 2.05) is 54.6 Å². The lowest BCUT2D eigenvalue weighted by molar-refractivity contribution is -0.115. The van der Waals surface area contributed by atoms with Crippen molar-refractivity contribution in [3.63, 3.8) is 0 Å². The number of aliphatic hydroxyl groups is 1. The van der Waals surface area contributed by atoms with Crippen LogP contribution < -0.4 is 4.74 Å². The second-order valence-electron chi connectivity index (χ2n) is 7.07. The van der Waals surface area contributed by atoms with Gasteiger partial charge in [-0.05, 0) is 47.4 Å². The summed E-state index contributed by atoms with van der Waals surface area (Å²) in [7, 11) is 0. The first-order chi connectivity index (χ1) is 14.1. The maximum atomic E-state index is 12.8. The van der Waals surface area contributed by atoms with Crippen molar-refractivity contribution in [3.8, 4) is 5.75 Å². The molecule has 1 aliphatic carbocycles. The highest BCUT2D eigenvalue weighted by Gasteiger charge is 2.29. The van der Waals surface area contributed by atoms with Gasteiger partial charge < -0.3 is 9.84 Å². The minimum absolute atomic E-state index is 0.109. The van der Waals surface area contributed by atoms with Crippen LogP contribution in [0.2, 0.25) is 5.02 Å². The van der Waals surface area contributed by atoms with Crippen LogP contribution in [0.4, 0.5) is 0 Å². The Hall–Kier alpha value is -2.27. The van der Waals surface area contributed by atoms with Crippen molar-refractivity contribution in [2.45, 2.75) is 30.8 Å². The molecule has 2 aromatic rings. The summed E-state index contributed by atoms with van der Waals surface area (Å²) in [5, 5.41) is 10.3. The second-order valence-corrected chi connectivity index (χ2v) is 8.75. The van der Waals surface area contributed by atoms with Crippen LogP contribution in [0.1, 0.15) is 24.0 Å². The summed E-state index contributed by atoms with van der Waals surface area (Å²) in [5.41, 5.74) is 2.76. The van der Waals surface area contributed by atoms with Gasteiger partial charge in [-0.15, -0.1) is 11.8 Å². The molecule has 1 N–H and O–H groups in total. The molecular formula is C24H21ClO3S. The molecular weight excluding hydrogens is 404 g/mol. The zero-order valence-electron chi connectivity index (χ0n) is 15.8. The first kappa shape index (κ1) is 20.0. The monoisotopic (exact) mass is 424 g/mol. The third-order valence-electron chi connectivity index (χ3n) is 4.87. The molecule has 29 heavy (non-hydrogen) atoms. The molecule has 1 heterocycles. The quantitative estimate of drug-likeness (QED) is 0.657. The fourth-order valence-electron chi connectivity index (χ4n) is 3.39. The number of benzene rings is 2. The topological polar surface area (TPSA) is 46.5 Å². The van der Waals surface area contributed by atoms with Crippen LogP contribution in [0, 0.1) is 0 Å². The highest BCUT2D eigenvalue weighted by molar-refractivity contribution is 8.09. The van der Waals surface area contributed by atoms with Crippen LogP contribution in [0.5, 0.6) is 5.75 Å². The smallest absolute Gasteiger partial charge is 0.172 e. The number of carbonyl (C=O) groups is 1.